The van der Waals surface area contributed by atoms with Crippen LogP contribution in [0.1, 0.15) is 24.3 Å². The van der Waals surface area contributed by atoms with Crippen LogP contribution in [0.5, 0.6) is 0 Å². The van der Waals surface area contributed by atoms with Gasteiger partial charge in [0.15, 0.2) is 0 Å². The predicted molar refractivity (Wildman–Crippen MR) is 82.9 cm³/mol. The zero-order chi connectivity index (χ0) is 14.4. The van der Waals surface area contributed by atoms with Crippen LogP contribution >= 0.6 is 23.4 Å². The van der Waals surface area contributed by atoms with Crippen molar-refractivity contribution in [3.8, 4) is 0 Å². The van der Waals surface area contributed by atoms with Crippen LogP contribution in [0.4, 0.5) is 0 Å². The maximum absolute atomic E-state index is 11.8. The minimum Gasteiger partial charge on any atom is -0.467 e. The molecule has 1 aromatic heterocycles. The second kappa shape index (κ2) is 7.41. The first-order chi connectivity index (χ1) is 9.65. The van der Waals surface area contributed by atoms with Gasteiger partial charge in [0.2, 0.25) is 5.91 Å². The summed E-state index contributed by atoms with van der Waals surface area (Å²) in [5.41, 5.74) is 1.12. The minimum atomic E-state index is -0.107. The first-order valence-corrected chi connectivity index (χ1v) is 7.83. The number of thioether (sulfide) groups is 1. The Hall–Kier alpha value is -1.39. The molecule has 2 rings (SSSR count). The van der Waals surface area contributed by atoms with Crippen molar-refractivity contribution in [2.75, 3.05) is 5.75 Å². The molecule has 0 fully saturated rings. The van der Waals surface area contributed by atoms with Gasteiger partial charge in [-0.15, -0.1) is 11.8 Å². The van der Waals surface area contributed by atoms with E-state index in [-0.39, 0.29) is 11.9 Å². The summed E-state index contributed by atoms with van der Waals surface area (Å²) in [5.74, 6) is 1.94. The highest BCUT2D eigenvalue weighted by Crippen LogP contribution is 2.17. The van der Waals surface area contributed by atoms with Gasteiger partial charge < -0.3 is 9.73 Å². The first kappa shape index (κ1) is 15.0. The summed E-state index contributed by atoms with van der Waals surface area (Å²) < 4.78 is 5.25. The van der Waals surface area contributed by atoms with Gasteiger partial charge in [0.25, 0.3) is 0 Å². The molecular formula is C15H16ClNO2S. The maximum Gasteiger partial charge on any atom is 0.230 e. The number of hydrogen-bond donors (Lipinski definition) is 1. The Morgan fingerprint density at radius 3 is 2.95 bits per heavy atom. The van der Waals surface area contributed by atoms with Gasteiger partial charge in [0, 0.05) is 10.8 Å². The molecule has 1 amide bonds. The van der Waals surface area contributed by atoms with E-state index in [0.717, 1.165) is 22.1 Å². The van der Waals surface area contributed by atoms with Crippen molar-refractivity contribution in [1.82, 2.24) is 5.32 Å². The predicted octanol–water partition coefficient (Wildman–Crippen LogP) is 4.04. The van der Waals surface area contributed by atoms with Gasteiger partial charge in [-0.05, 0) is 36.8 Å². The lowest BCUT2D eigenvalue weighted by molar-refractivity contribution is -0.119. The van der Waals surface area contributed by atoms with E-state index in [2.05, 4.69) is 5.32 Å². The van der Waals surface area contributed by atoms with Crippen molar-refractivity contribution in [3.63, 3.8) is 0 Å². The maximum atomic E-state index is 11.8. The Morgan fingerprint density at radius 1 is 1.40 bits per heavy atom. The lowest BCUT2D eigenvalue weighted by atomic mass is 10.2. The molecule has 1 N–H and O–H groups in total. The molecule has 0 aliphatic rings. The number of nitrogens with one attached hydrogen (secondary N) is 1. The summed E-state index contributed by atoms with van der Waals surface area (Å²) in [7, 11) is 0. The van der Waals surface area contributed by atoms with Crippen LogP contribution in [0.15, 0.2) is 47.1 Å². The summed E-state index contributed by atoms with van der Waals surface area (Å²) in [6.07, 6.45) is 1.60. The van der Waals surface area contributed by atoms with Crippen LogP contribution in [0.25, 0.3) is 0 Å². The summed E-state index contributed by atoms with van der Waals surface area (Å²) >= 11 is 7.47. The second-order valence-corrected chi connectivity index (χ2v) is 5.85. The Labute approximate surface area is 127 Å². The third-order valence-electron chi connectivity index (χ3n) is 2.74. The molecule has 0 bridgehead atoms. The number of carbonyl (C=O) groups excluding carboxylic acids is 1. The molecule has 0 radical (unpaired) electrons. The monoisotopic (exact) mass is 309 g/mol. The second-order valence-electron chi connectivity index (χ2n) is 4.43. The molecule has 1 aromatic carbocycles. The molecule has 0 spiro atoms. The van der Waals surface area contributed by atoms with E-state index < -0.39 is 0 Å². The average molecular weight is 310 g/mol. The number of carbonyl (C=O) groups is 1. The smallest absolute Gasteiger partial charge is 0.230 e. The van der Waals surface area contributed by atoms with Gasteiger partial charge in [-0.1, -0.05) is 23.7 Å². The molecule has 106 valence electrons. The molecule has 5 heteroatoms. The summed E-state index contributed by atoms with van der Waals surface area (Å²) in [5, 5.41) is 3.62. The van der Waals surface area contributed by atoms with E-state index in [0.29, 0.717) is 5.75 Å². The standard InChI is InChI=1S/C15H16ClNO2S/c1-11(14-6-3-7-19-14)17-15(18)10-20-9-12-4-2-5-13(16)8-12/h2-8,11H,9-10H2,1H3,(H,17,18). The van der Waals surface area contributed by atoms with Crippen LogP contribution in [0.2, 0.25) is 5.02 Å². The van der Waals surface area contributed by atoms with E-state index in [4.69, 9.17) is 16.0 Å². The van der Waals surface area contributed by atoms with Crippen molar-refractivity contribution < 1.29 is 9.21 Å². The molecule has 0 aliphatic carbocycles. The van der Waals surface area contributed by atoms with Gasteiger partial charge in [-0.25, -0.2) is 0 Å². The fourth-order valence-corrected chi connectivity index (χ4v) is 2.78. The zero-order valence-corrected chi connectivity index (χ0v) is 12.7. The summed E-state index contributed by atoms with van der Waals surface area (Å²) in [6.45, 7) is 1.90. The van der Waals surface area contributed by atoms with Crippen molar-refractivity contribution in [3.05, 3.63) is 59.0 Å². The van der Waals surface area contributed by atoms with Crippen molar-refractivity contribution in [2.45, 2.75) is 18.7 Å². The third kappa shape index (κ3) is 4.62. The van der Waals surface area contributed by atoms with E-state index in [1.165, 1.54) is 0 Å². The van der Waals surface area contributed by atoms with E-state index in [9.17, 15) is 4.79 Å². The van der Waals surface area contributed by atoms with Crippen LogP contribution in [0.3, 0.4) is 0 Å². The molecule has 0 aliphatic heterocycles. The topological polar surface area (TPSA) is 42.2 Å². The number of benzene rings is 1. The number of furan rings is 1. The Bertz CT molecular complexity index is 557. The molecule has 2 aromatic rings. The largest absolute Gasteiger partial charge is 0.467 e. The highest BCUT2D eigenvalue weighted by Gasteiger charge is 2.11. The fourth-order valence-electron chi connectivity index (χ4n) is 1.78. The quantitative estimate of drug-likeness (QED) is 0.875. The van der Waals surface area contributed by atoms with Gasteiger partial charge in [0.05, 0.1) is 18.1 Å². The van der Waals surface area contributed by atoms with Gasteiger partial charge in [0.1, 0.15) is 5.76 Å². The highest BCUT2D eigenvalue weighted by molar-refractivity contribution is 7.99. The first-order valence-electron chi connectivity index (χ1n) is 6.30. The molecule has 0 saturated carbocycles. The van der Waals surface area contributed by atoms with Crippen molar-refractivity contribution >= 4 is 29.3 Å². The van der Waals surface area contributed by atoms with E-state index >= 15 is 0 Å². The van der Waals surface area contributed by atoms with Gasteiger partial charge in [-0.2, -0.15) is 0 Å². The number of amides is 1. The summed E-state index contributed by atoms with van der Waals surface area (Å²) in [6, 6.07) is 11.2. The Balaban J connectivity index is 1.73. The number of rotatable bonds is 6. The van der Waals surface area contributed by atoms with Crippen molar-refractivity contribution in [2.24, 2.45) is 0 Å². The van der Waals surface area contributed by atoms with Crippen LogP contribution in [0, 0.1) is 0 Å². The zero-order valence-electron chi connectivity index (χ0n) is 11.1. The number of hydrogen-bond acceptors (Lipinski definition) is 3. The lowest BCUT2D eigenvalue weighted by Gasteiger charge is -2.11. The minimum absolute atomic E-state index is 0.000859. The normalized spacial score (nSPS) is 12.1. The van der Waals surface area contributed by atoms with E-state index in [1.807, 2.05) is 43.3 Å². The third-order valence-corrected chi connectivity index (χ3v) is 3.98. The molecule has 1 unspecified atom stereocenters. The highest BCUT2D eigenvalue weighted by atomic mass is 35.5. The average Bonchev–Trinajstić information content (AvgIpc) is 2.92. The molecule has 20 heavy (non-hydrogen) atoms. The Kier molecular flexibility index (Phi) is 5.56. The fraction of sp³-hybridized carbons (Fsp3) is 0.267. The molecule has 1 atom stereocenters. The summed E-state index contributed by atoms with van der Waals surface area (Å²) in [4.78, 5) is 11.8. The SMILES string of the molecule is CC(NC(=O)CSCc1cccc(Cl)c1)c1ccco1. The lowest BCUT2D eigenvalue weighted by Crippen LogP contribution is -2.27. The van der Waals surface area contributed by atoms with Crippen molar-refractivity contribution in [1.29, 1.82) is 0 Å². The molecule has 3 nitrogen and oxygen atoms in total. The number of halogens is 1. The van der Waals surface area contributed by atoms with Gasteiger partial charge >= 0.3 is 0 Å². The Morgan fingerprint density at radius 2 is 2.25 bits per heavy atom. The molecule has 1 heterocycles. The van der Waals surface area contributed by atoms with Crippen LogP contribution < -0.4 is 5.32 Å². The van der Waals surface area contributed by atoms with Gasteiger partial charge in [-0.3, -0.25) is 4.79 Å². The molecular weight excluding hydrogens is 294 g/mol. The van der Waals surface area contributed by atoms with Crippen LogP contribution in [-0.4, -0.2) is 11.7 Å². The van der Waals surface area contributed by atoms with Crippen LogP contribution in [-0.2, 0) is 10.5 Å². The molecule has 0 saturated heterocycles. The van der Waals surface area contributed by atoms with E-state index in [1.54, 1.807) is 18.0 Å².